The van der Waals surface area contributed by atoms with E-state index in [4.69, 9.17) is 4.74 Å². The zero-order chi connectivity index (χ0) is 17.8. The van der Waals surface area contributed by atoms with E-state index in [0.29, 0.717) is 25.2 Å². The van der Waals surface area contributed by atoms with Gasteiger partial charge >= 0.3 is 12.3 Å². The summed E-state index contributed by atoms with van der Waals surface area (Å²) in [7, 11) is 0. The SMILES string of the molecule is CC(C)(C)OC(=O)[N@@+]12CCNCC1c1cccc(C(F)(F)F)c1C2. The molecule has 0 saturated carbocycles. The minimum Gasteiger partial charge on any atom is -0.414 e. The number of ether oxygens (including phenoxy) is 1. The molecule has 2 aliphatic rings. The molecule has 1 N–H and O–H groups in total. The fourth-order valence-electron chi connectivity index (χ4n) is 3.69. The standard InChI is InChI=1S/C17H22F3N2O2/c1-16(2,3)24-15(23)22-8-7-21-9-14(22)11-5-4-6-13(12(11)10-22)17(18,19)20/h4-6,14,21H,7-10H2,1-3H3/q+1/t14?,22-/m1/s1. The van der Waals surface area contributed by atoms with Crippen LogP contribution in [0.25, 0.3) is 0 Å². The quantitative estimate of drug-likeness (QED) is 0.731. The van der Waals surface area contributed by atoms with Gasteiger partial charge in [-0.1, -0.05) is 12.1 Å². The number of piperazine rings is 1. The molecule has 7 heteroatoms. The average Bonchev–Trinajstić information content (AvgIpc) is 2.80. The Morgan fingerprint density at radius 1 is 1.29 bits per heavy atom. The lowest BCUT2D eigenvalue weighted by Crippen LogP contribution is -2.61. The minimum absolute atomic E-state index is 0.0340. The second-order valence-electron chi connectivity index (χ2n) is 7.49. The number of nitrogens with one attached hydrogen (secondary N) is 1. The molecule has 1 aromatic rings. The third kappa shape index (κ3) is 2.80. The number of alkyl halides is 3. The molecule has 1 saturated heterocycles. The van der Waals surface area contributed by atoms with Crippen LogP contribution in [-0.4, -0.2) is 35.8 Å². The molecular weight excluding hydrogens is 321 g/mol. The van der Waals surface area contributed by atoms with Crippen molar-refractivity contribution >= 4 is 6.09 Å². The molecular formula is C17H22F3N2O2+. The summed E-state index contributed by atoms with van der Waals surface area (Å²) in [5.74, 6) is 0. The average molecular weight is 343 g/mol. The monoisotopic (exact) mass is 343 g/mol. The van der Waals surface area contributed by atoms with Crippen molar-refractivity contribution in [3.8, 4) is 0 Å². The number of hydrogen-bond donors (Lipinski definition) is 1. The first-order chi connectivity index (χ1) is 11.0. The Bertz CT molecular complexity index is 667. The highest BCUT2D eigenvalue weighted by atomic mass is 19.4. The number of benzene rings is 1. The third-order valence-electron chi connectivity index (χ3n) is 4.70. The van der Waals surface area contributed by atoms with Crippen molar-refractivity contribution in [1.29, 1.82) is 0 Å². The molecule has 1 aromatic carbocycles. The predicted molar refractivity (Wildman–Crippen MR) is 82.1 cm³/mol. The van der Waals surface area contributed by atoms with E-state index in [2.05, 4.69) is 5.32 Å². The maximum absolute atomic E-state index is 13.4. The minimum atomic E-state index is -4.43. The number of carbonyl (C=O) groups excluding carboxylic acids is 1. The molecule has 0 bridgehead atoms. The van der Waals surface area contributed by atoms with Gasteiger partial charge in [-0.3, -0.25) is 0 Å². The number of carbonyl (C=O) groups is 1. The van der Waals surface area contributed by atoms with Gasteiger partial charge in [0.15, 0.2) is 0 Å². The third-order valence-corrected chi connectivity index (χ3v) is 4.70. The lowest BCUT2D eigenvalue weighted by atomic mass is 9.99. The van der Waals surface area contributed by atoms with Crippen LogP contribution in [0.15, 0.2) is 18.2 Å². The molecule has 0 spiro atoms. The Labute approximate surface area is 139 Å². The number of quaternary nitrogens is 1. The topological polar surface area (TPSA) is 38.3 Å². The van der Waals surface area contributed by atoms with Gasteiger partial charge in [-0.15, -0.1) is 0 Å². The zero-order valence-corrected chi connectivity index (χ0v) is 14.0. The molecule has 0 radical (unpaired) electrons. The molecule has 2 aliphatic heterocycles. The lowest BCUT2D eigenvalue weighted by Gasteiger charge is -2.41. The van der Waals surface area contributed by atoms with E-state index in [1.165, 1.54) is 6.07 Å². The number of halogens is 3. The zero-order valence-electron chi connectivity index (χ0n) is 14.0. The van der Waals surface area contributed by atoms with Gasteiger partial charge in [-0.25, -0.2) is 4.48 Å². The molecule has 0 aromatic heterocycles. The summed E-state index contributed by atoms with van der Waals surface area (Å²) in [4.78, 5) is 12.9. The van der Waals surface area contributed by atoms with Gasteiger partial charge in [0, 0.05) is 17.7 Å². The summed E-state index contributed by atoms with van der Waals surface area (Å²) < 4.78 is 45.6. The van der Waals surface area contributed by atoms with Crippen LogP contribution in [0.3, 0.4) is 0 Å². The van der Waals surface area contributed by atoms with E-state index in [1.807, 2.05) is 0 Å². The summed E-state index contributed by atoms with van der Waals surface area (Å²) >= 11 is 0. The number of amides is 1. The number of rotatable bonds is 0. The first-order valence-electron chi connectivity index (χ1n) is 8.05. The van der Waals surface area contributed by atoms with Gasteiger partial charge in [0.25, 0.3) is 0 Å². The summed E-state index contributed by atoms with van der Waals surface area (Å²) in [6, 6.07) is 3.87. The maximum Gasteiger partial charge on any atom is 0.517 e. The van der Waals surface area contributed by atoms with Gasteiger partial charge < -0.3 is 10.1 Å². The second kappa shape index (κ2) is 5.46. The molecule has 1 amide bonds. The van der Waals surface area contributed by atoms with Crippen LogP contribution < -0.4 is 5.32 Å². The molecule has 3 rings (SSSR count). The second-order valence-corrected chi connectivity index (χ2v) is 7.49. The van der Waals surface area contributed by atoms with Crippen LogP contribution in [-0.2, 0) is 17.5 Å². The summed E-state index contributed by atoms with van der Waals surface area (Å²) in [5.41, 5.74) is -0.496. The van der Waals surface area contributed by atoms with Crippen molar-refractivity contribution in [2.24, 2.45) is 0 Å². The number of hydrogen-bond acceptors (Lipinski definition) is 3. The first-order valence-corrected chi connectivity index (χ1v) is 8.05. The molecule has 0 aliphatic carbocycles. The van der Waals surface area contributed by atoms with E-state index < -0.39 is 23.4 Å². The van der Waals surface area contributed by atoms with Crippen LogP contribution in [0.4, 0.5) is 18.0 Å². The van der Waals surface area contributed by atoms with E-state index in [0.717, 1.165) is 6.07 Å². The van der Waals surface area contributed by atoms with Crippen molar-refractivity contribution in [3.63, 3.8) is 0 Å². The Hall–Kier alpha value is -1.60. The molecule has 1 fully saturated rings. The largest absolute Gasteiger partial charge is 0.517 e. The van der Waals surface area contributed by atoms with E-state index in [9.17, 15) is 18.0 Å². The lowest BCUT2D eigenvalue weighted by molar-refractivity contribution is -0.897. The van der Waals surface area contributed by atoms with Gasteiger partial charge in [0.05, 0.1) is 12.1 Å². The van der Waals surface area contributed by atoms with Crippen molar-refractivity contribution in [3.05, 3.63) is 34.9 Å². The van der Waals surface area contributed by atoms with Gasteiger partial charge in [-0.2, -0.15) is 18.0 Å². The van der Waals surface area contributed by atoms with Crippen molar-refractivity contribution in [2.75, 3.05) is 19.6 Å². The highest BCUT2D eigenvalue weighted by Crippen LogP contribution is 2.47. The first kappa shape index (κ1) is 17.2. The van der Waals surface area contributed by atoms with Crippen molar-refractivity contribution < 1.29 is 27.2 Å². The van der Waals surface area contributed by atoms with Crippen LogP contribution >= 0.6 is 0 Å². The normalized spacial score (nSPS) is 26.7. The van der Waals surface area contributed by atoms with Gasteiger partial charge in [0.2, 0.25) is 0 Å². The Morgan fingerprint density at radius 2 is 2.00 bits per heavy atom. The van der Waals surface area contributed by atoms with Crippen LogP contribution in [0.1, 0.15) is 43.5 Å². The Balaban J connectivity index is 2.06. The number of fused-ring (bicyclic) bond motifs is 3. The van der Waals surface area contributed by atoms with Crippen LogP contribution in [0, 0.1) is 0 Å². The molecule has 2 atom stereocenters. The Kier molecular flexibility index (Phi) is 3.92. The van der Waals surface area contributed by atoms with E-state index in [1.54, 1.807) is 26.8 Å². The molecule has 1 unspecified atom stereocenters. The molecule has 4 nitrogen and oxygen atoms in total. The van der Waals surface area contributed by atoms with Crippen LogP contribution in [0.5, 0.6) is 0 Å². The fraction of sp³-hybridized carbons (Fsp3) is 0.588. The van der Waals surface area contributed by atoms with Gasteiger partial charge in [-0.05, 0) is 26.8 Å². The fourth-order valence-corrected chi connectivity index (χ4v) is 3.69. The maximum atomic E-state index is 13.4. The highest BCUT2D eigenvalue weighted by Gasteiger charge is 2.56. The van der Waals surface area contributed by atoms with E-state index in [-0.39, 0.29) is 22.6 Å². The molecule has 24 heavy (non-hydrogen) atoms. The summed E-state index contributed by atoms with van der Waals surface area (Å²) in [6.07, 6.45) is -4.87. The predicted octanol–water partition coefficient (Wildman–Crippen LogP) is 3.62. The van der Waals surface area contributed by atoms with Gasteiger partial charge in [0.1, 0.15) is 24.7 Å². The van der Waals surface area contributed by atoms with Crippen LogP contribution in [0.2, 0.25) is 0 Å². The smallest absolute Gasteiger partial charge is 0.414 e. The molecule has 132 valence electrons. The Morgan fingerprint density at radius 3 is 2.62 bits per heavy atom. The van der Waals surface area contributed by atoms with E-state index >= 15 is 0 Å². The van der Waals surface area contributed by atoms with Crippen molar-refractivity contribution in [1.82, 2.24) is 5.32 Å². The molecule has 2 heterocycles. The highest BCUT2D eigenvalue weighted by molar-refractivity contribution is 5.62. The summed E-state index contributed by atoms with van der Waals surface area (Å²) in [6.45, 7) is 6.80. The van der Waals surface area contributed by atoms with Crippen molar-refractivity contribution in [2.45, 2.75) is 45.1 Å². The summed E-state index contributed by atoms with van der Waals surface area (Å²) in [5, 5.41) is 3.19. The number of nitrogens with zero attached hydrogens (tertiary/aromatic N) is 1.